The summed E-state index contributed by atoms with van der Waals surface area (Å²) in [5, 5.41) is 17.7. The standard InChI is InChI=1S/C28H28ClF3N4O4/c29-22-3-1-2-4-23(22)36-16-21(26(35-36)28(30,31)32)27(40)33-14-13-24(37)34-20-11-9-19(10-12-20)18-7-5-17(6-8-18)15-25(38)39/h1-4,9-12,16-18H,5-8,13-15H2,(H,33,40)(H,34,37)(H,38,39)/t17-,18-. The van der Waals surface area contributed by atoms with E-state index in [1.165, 1.54) is 12.1 Å². The van der Waals surface area contributed by atoms with Gasteiger partial charge in [0, 0.05) is 31.3 Å². The van der Waals surface area contributed by atoms with Gasteiger partial charge in [-0.3, -0.25) is 14.4 Å². The molecule has 0 atom stereocenters. The highest BCUT2D eigenvalue weighted by molar-refractivity contribution is 6.32. The minimum atomic E-state index is -4.87. The van der Waals surface area contributed by atoms with E-state index in [2.05, 4.69) is 15.7 Å². The normalized spacial score (nSPS) is 17.3. The number of carboxylic acid groups (broad SMARTS) is 1. The van der Waals surface area contributed by atoms with Crippen molar-refractivity contribution in [1.82, 2.24) is 15.1 Å². The smallest absolute Gasteiger partial charge is 0.435 e. The fourth-order valence-electron chi connectivity index (χ4n) is 4.90. The van der Waals surface area contributed by atoms with E-state index in [1.807, 2.05) is 12.1 Å². The Kier molecular flexibility index (Phi) is 9.14. The van der Waals surface area contributed by atoms with Gasteiger partial charge >= 0.3 is 12.1 Å². The zero-order chi connectivity index (χ0) is 28.9. The SMILES string of the molecule is O=C(O)C[C@H]1CC[C@H](c2ccc(NC(=O)CCNC(=O)c3cn(-c4ccccc4Cl)nc3C(F)(F)F)cc2)CC1. The highest BCUT2D eigenvalue weighted by Crippen LogP contribution is 2.37. The van der Waals surface area contributed by atoms with Crippen LogP contribution in [0, 0.1) is 5.92 Å². The van der Waals surface area contributed by atoms with Crippen molar-refractivity contribution < 1.29 is 32.7 Å². The highest BCUT2D eigenvalue weighted by atomic mass is 35.5. The Balaban J connectivity index is 1.29. The van der Waals surface area contributed by atoms with Gasteiger partial charge in [0.2, 0.25) is 5.91 Å². The molecule has 1 aliphatic carbocycles. The molecule has 1 aliphatic rings. The predicted octanol–water partition coefficient (Wildman–Crippen LogP) is 6.05. The Bertz CT molecular complexity index is 1370. The average molecular weight is 577 g/mol. The molecule has 0 bridgehead atoms. The van der Waals surface area contributed by atoms with Crippen LogP contribution in [0.15, 0.2) is 54.7 Å². The molecule has 3 aromatic rings. The van der Waals surface area contributed by atoms with Crippen LogP contribution in [0.2, 0.25) is 5.02 Å². The van der Waals surface area contributed by atoms with Gasteiger partial charge in [-0.2, -0.15) is 18.3 Å². The first-order valence-corrected chi connectivity index (χ1v) is 13.2. The molecule has 1 aromatic heterocycles. The van der Waals surface area contributed by atoms with E-state index in [0.29, 0.717) is 11.6 Å². The Morgan fingerprint density at radius 1 is 1.02 bits per heavy atom. The molecule has 1 fully saturated rings. The Labute approximate surface area is 233 Å². The van der Waals surface area contributed by atoms with Gasteiger partial charge in [-0.15, -0.1) is 0 Å². The molecule has 1 saturated carbocycles. The van der Waals surface area contributed by atoms with Crippen LogP contribution < -0.4 is 10.6 Å². The van der Waals surface area contributed by atoms with E-state index in [-0.39, 0.29) is 36.0 Å². The number of hydrogen-bond acceptors (Lipinski definition) is 4. The maximum absolute atomic E-state index is 13.6. The van der Waals surface area contributed by atoms with E-state index in [0.717, 1.165) is 42.1 Å². The van der Waals surface area contributed by atoms with Crippen LogP contribution in [0.25, 0.3) is 5.69 Å². The minimum Gasteiger partial charge on any atom is -0.481 e. The molecule has 12 heteroatoms. The topological polar surface area (TPSA) is 113 Å². The number of nitrogens with one attached hydrogen (secondary N) is 2. The van der Waals surface area contributed by atoms with Gasteiger partial charge in [-0.25, -0.2) is 4.68 Å². The van der Waals surface area contributed by atoms with Crippen LogP contribution in [0.4, 0.5) is 18.9 Å². The van der Waals surface area contributed by atoms with Crippen molar-refractivity contribution in [3.63, 3.8) is 0 Å². The second-order valence-corrected chi connectivity index (χ2v) is 10.2. The van der Waals surface area contributed by atoms with Crippen LogP contribution in [0.5, 0.6) is 0 Å². The fraction of sp³-hybridized carbons (Fsp3) is 0.357. The first-order valence-electron chi connectivity index (χ1n) is 12.8. The maximum atomic E-state index is 13.6. The number of benzene rings is 2. The number of aromatic nitrogens is 2. The lowest BCUT2D eigenvalue weighted by Crippen LogP contribution is -2.29. The molecule has 8 nitrogen and oxygen atoms in total. The van der Waals surface area contributed by atoms with E-state index < -0.39 is 35.2 Å². The van der Waals surface area contributed by atoms with Crippen molar-refractivity contribution in [3.05, 3.63) is 76.6 Å². The molecular weight excluding hydrogens is 549 g/mol. The molecule has 2 aromatic carbocycles. The number of aliphatic carboxylic acids is 1. The largest absolute Gasteiger partial charge is 0.481 e. The molecule has 2 amide bonds. The van der Waals surface area contributed by atoms with Crippen molar-refractivity contribution in [3.8, 4) is 5.69 Å². The van der Waals surface area contributed by atoms with Gasteiger partial charge in [-0.1, -0.05) is 35.9 Å². The number of alkyl halides is 3. The monoisotopic (exact) mass is 576 g/mol. The second-order valence-electron chi connectivity index (χ2n) is 9.78. The number of halogens is 4. The van der Waals surface area contributed by atoms with Crippen molar-refractivity contribution in [1.29, 1.82) is 0 Å². The molecule has 40 heavy (non-hydrogen) atoms. The lowest BCUT2D eigenvalue weighted by Gasteiger charge is -2.28. The van der Waals surface area contributed by atoms with Crippen LogP contribution in [0.1, 0.15) is 66.1 Å². The summed E-state index contributed by atoms with van der Waals surface area (Å²) in [5.41, 5.74) is -0.174. The number of rotatable bonds is 9. The third-order valence-electron chi connectivity index (χ3n) is 6.94. The Morgan fingerprint density at radius 3 is 2.33 bits per heavy atom. The van der Waals surface area contributed by atoms with Crippen molar-refractivity contribution in [2.75, 3.05) is 11.9 Å². The summed E-state index contributed by atoms with van der Waals surface area (Å²) >= 11 is 6.06. The number of carbonyl (C=O) groups excluding carboxylic acids is 2. The summed E-state index contributed by atoms with van der Waals surface area (Å²) in [5.74, 6) is -1.63. The van der Waals surface area contributed by atoms with E-state index in [9.17, 15) is 27.6 Å². The summed E-state index contributed by atoms with van der Waals surface area (Å²) in [4.78, 5) is 35.9. The van der Waals surface area contributed by atoms with Gasteiger partial charge in [0.15, 0.2) is 5.69 Å². The molecule has 3 N–H and O–H groups in total. The zero-order valence-electron chi connectivity index (χ0n) is 21.4. The quantitative estimate of drug-likeness (QED) is 0.287. The molecule has 0 unspecified atom stereocenters. The Morgan fingerprint density at radius 2 is 1.70 bits per heavy atom. The number of amides is 2. The third-order valence-corrected chi connectivity index (χ3v) is 7.26. The first-order chi connectivity index (χ1) is 19.0. The predicted molar refractivity (Wildman–Crippen MR) is 143 cm³/mol. The van der Waals surface area contributed by atoms with Crippen molar-refractivity contribution in [2.24, 2.45) is 5.92 Å². The van der Waals surface area contributed by atoms with Gasteiger partial charge in [0.25, 0.3) is 5.91 Å². The molecule has 0 radical (unpaired) electrons. The summed E-state index contributed by atoms with van der Waals surface area (Å²) < 4.78 is 41.6. The summed E-state index contributed by atoms with van der Waals surface area (Å²) in [6.07, 6.45) is -0.304. The lowest BCUT2D eigenvalue weighted by atomic mass is 9.77. The molecular formula is C28H28ClF3N4O4. The molecule has 0 spiro atoms. The molecule has 4 rings (SSSR count). The second kappa shape index (κ2) is 12.5. The summed E-state index contributed by atoms with van der Waals surface area (Å²) in [6.45, 7) is -0.184. The molecule has 0 aliphatic heterocycles. The lowest BCUT2D eigenvalue weighted by molar-refractivity contribution is -0.141. The van der Waals surface area contributed by atoms with E-state index in [4.69, 9.17) is 16.7 Å². The van der Waals surface area contributed by atoms with Gasteiger partial charge in [0.05, 0.1) is 16.3 Å². The highest BCUT2D eigenvalue weighted by Gasteiger charge is 2.39. The van der Waals surface area contributed by atoms with Crippen LogP contribution in [0.3, 0.4) is 0 Å². The zero-order valence-corrected chi connectivity index (χ0v) is 22.1. The van der Waals surface area contributed by atoms with Crippen LogP contribution >= 0.6 is 11.6 Å². The first kappa shape index (κ1) is 29.1. The third kappa shape index (κ3) is 7.41. The molecule has 1 heterocycles. The van der Waals surface area contributed by atoms with Crippen molar-refractivity contribution in [2.45, 2.75) is 50.6 Å². The van der Waals surface area contributed by atoms with Crippen LogP contribution in [-0.2, 0) is 15.8 Å². The number of nitrogens with zero attached hydrogens (tertiary/aromatic N) is 2. The van der Waals surface area contributed by atoms with Gasteiger partial charge < -0.3 is 15.7 Å². The van der Waals surface area contributed by atoms with E-state index in [1.54, 1.807) is 24.3 Å². The average Bonchev–Trinajstić information content (AvgIpc) is 3.36. The Hall–Kier alpha value is -3.86. The molecule has 0 saturated heterocycles. The number of para-hydroxylation sites is 1. The van der Waals surface area contributed by atoms with Crippen LogP contribution in [-0.4, -0.2) is 39.2 Å². The maximum Gasteiger partial charge on any atom is 0.435 e. The number of hydrogen-bond donors (Lipinski definition) is 3. The van der Waals surface area contributed by atoms with Crippen molar-refractivity contribution >= 4 is 35.1 Å². The number of carboxylic acids is 1. The van der Waals surface area contributed by atoms with Gasteiger partial charge in [0.1, 0.15) is 0 Å². The minimum absolute atomic E-state index is 0.152. The summed E-state index contributed by atoms with van der Waals surface area (Å²) in [6, 6.07) is 13.6. The fourth-order valence-corrected chi connectivity index (χ4v) is 5.13. The number of anilines is 1. The number of carbonyl (C=O) groups is 3. The summed E-state index contributed by atoms with van der Waals surface area (Å²) in [7, 11) is 0. The van der Waals surface area contributed by atoms with E-state index >= 15 is 0 Å². The molecule has 212 valence electrons. The van der Waals surface area contributed by atoms with Gasteiger partial charge in [-0.05, 0) is 67.3 Å².